The molecule has 0 fully saturated rings. The topological polar surface area (TPSA) is 60.4 Å². The molecule has 0 heterocycles. The maximum Gasteiger partial charge on any atom is 0.340 e. The first kappa shape index (κ1) is 13.2. The highest BCUT2D eigenvalue weighted by molar-refractivity contribution is 9.11. The van der Waals surface area contributed by atoms with Gasteiger partial charge < -0.3 is 4.74 Å². The Morgan fingerprint density at radius 3 is 2.44 bits per heavy atom. The molecule has 0 aliphatic rings. The second-order valence-corrected chi connectivity index (χ2v) is 6.77. The Hall–Kier alpha value is -0.880. The highest BCUT2D eigenvalue weighted by Gasteiger charge is 2.24. The van der Waals surface area contributed by atoms with Crippen molar-refractivity contribution in [2.24, 2.45) is 0 Å². The van der Waals surface area contributed by atoms with Gasteiger partial charge in [-0.2, -0.15) is 0 Å². The number of benzene rings is 1. The van der Waals surface area contributed by atoms with Gasteiger partial charge in [0.2, 0.25) is 0 Å². The average molecular weight is 307 g/mol. The van der Waals surface area contributed by atoms with E-state index in [-0.39, 0.29) is 5.75 Å². The summed E-state index contributed by atoms with van der Waals surface area (Å²) < 4.78 is 26.2. The van der Waals surface area contributed by atoms with Crippen LogP contribution in [0.5, 0.6) is 0 Å². The molecule has 16 heavy (non-hydrogen) atoms. The Balaban J connectivity index is 2.74. The molecule has 0 saturated carbocycles. The van der Waals surface area contributed by atoms with Gasteiger partial charge in [-0.05, 0) is 28.1 Å². The third-order valence-electron chi connectivity index (χ3n) is 1.89. The number of alkyl halides is 1. The Morgan fingerprint density at radius 1 is 1.38 bits per heavy atom. The van der Waals surface area contributed by atoms with Crippen molar-refractivity contribution < 1.29 is 17.9 Å². The van der Waals surface area contributed by atoms with Crippen LogP contribution in [0.15, 0.2) is 30.3 Å². The van der Waals surface area contributed by atoms with Gasteiger partial charge in [-0.1, -0.05) is 25.1 Å². The molecule has 0 saturated heterocycles. The monoisotopic (exact) mass is 306 g/mol. The Morgan fingerprint density at radius 2 is 1.94 bits per heavy atom. The molecule has 6 heteroatoms. The van der Waals surface area contributed by atoms with Crippen molar-refractivity contribution in [2.75, 3.05) is 5.75 Å². The molecule has 0 radical (unpaired) electrons. The average Bonchev–Trinajstić information content (AvgIpc) is 2.30. The lowest BCUT2D eigenvalue weighted by atomic mass is 10.2. The van der Waals surface area contributed by atoms with E-state index >= 15 is 0 Å². The molecule has 1 unspecified atom stereocenters. The van der Waals surface area contributed by atoms with Gasteiger partial charge in [0.05, 0.1) is 11.3 Å². The Labute approximate surface area is 103 Å². The van der Waals surface area contributed by atoms with E-state index in [2.05, 4.69) is 15.9 Å². The van der Waals surface area contributed by atoms with Gasteiger partial charge >= 0.3 is 5.97 Å². The van der Waals surface area contributed by atoms with Crippen LogP contribution in [-0.4, -0.2) is 24.5 Å². The van der Waals surface area contributed by atoms with E-state index in [1.54, 1.807) is 30.3 Å². The quantitative estimate of drug-likeness (QED) is 0.630. The molecule has 0 bridgehead atoms. The summed E-state index contributed by atoms with van der Waals surface area (Å²) in [5, 5.41) is 0. The van der Waals surface area contributed by atoms with Gasteiger partial charge in [-0.15, -0.1) is 0 Å². The molecule has 0 aliphatic heterocycles. The zero-order chi connectivity index (χ0) is 12.2. The SMILES string of the molecule is CCS(=O)(=O)C(Br)OC(=O)c1ccccc1. The van der Waals surface area contributed by atoms with Gasteiger partial charge in [-0.3, -0.25) is 0 Å². The largest absolute Gasteiger partial charge is 0.431 e. The fraction of sp³-hybridized carbons (Fsp3) is 0.300. The number of carbonyl (C=O) groups excluding carboxylic acids is 1. The van der Waals surface area contributed by atoms with Crippen LogP contribution < -0.4 is 0 Å². The van der Waals surface area contributed by atoms with Crippen LogP contribution in [0.4, 0.5) is 0 Å². The summed E-state index contributed by atoms with van der Waals surface area (Å²) in [4.78, 5) is 11.5. The number of sulfone groups is 1. The van der Waals surface area contributed by atoms with Crippen LogP contribution in [-0.2, 0) is 14.6 Å². The standard InChI is InChI=1S/C10H11BrO4S/c1-2-16(13,14)10(11)15-9(12)8-6-4-3-5-7-8/h3-7,10H,2H2,1H3. The molecule has 0 amide bonds. The van der Waals surface area contributed by atoms with Gasteiger partial charge in [0.1, 0.15) is 0 Å². The lowest BCUT2D eigenvalue weighted by Gasteiger charge is -2.10. The molecule has 0 aliphatic carbocycles. The van der Waals surface area contributed by atoms with Crippen LogP contribution in [0, 0.1) is 0 Å². The summed E-state index contributed by atoms with van der Waals surface area (Å²) >= 11 is 2.83. The fourth-order valence-corrected chi connectivity index (χ4v) is 2.39. The van der Waals surface area contributed by atoms with Gasteiger partial charge in [0, 0.05) is 0 Å². The normalized spacial score (nSPS) is 13.1. The second kappa shape index (κ2) is 5.45. The first-order valence-electron chi connectivity index (χ1n) is 4.59. The van der Waals surface area contributed by atoms with E-state index in [0.29, 0.717) is 5.56 Å². The highest BCUT2D eigenvalue weighted by atomic mass is 79.9. The zero-order valence-corrected chi connectivity index (χ0v) is 11.0. The lowest BCUT2D eigenvalue weighted by molar-refractivity contribution is 0.0545. The first-order valence-corrected chi connectivity index (χ1v) is 7.22. The van der Waals surface area contributed by atoms with E-state index in [4.69, 9.17) is 4.74 Å². The number of carbonyl (C=O) groups is 1. The van der Waals surface area contributed by atoms with Crippen molar-refractivity contribution in [3.8, 4) is 0 Å². The molecule has 1 atom stereocenters. The van der Waals surface area contributed by atoms with Crippen LogP contribution >= 0.6 is 15.9 Å². The fourth-order valence-electron chi connectivity index (χ4n) is 0.931. The lowest BCUT2D eigenvalue weighted by Crippen LogP contribution is -2.23. The molecule has 0 aromatic heterocycles. The summed E-state index contributed by atoms with van der Waals surface area (Å²) in [7, 11) is -3.43. The summed E-state index contributed by atoms with van der Waals surface area (Å²) in [6, 6.07) is 8.22. The molecular formula is C10H11BrO4S. The molecule has 1 rings (SSSR count). The number of rotatable bonds is 4. The van der Waals surface area contributed by atoms with E-state index in [0.717, 1.165) is 0 Å². The third-order valence-corrected chi connectivity index (χ3v) is 5.26. The maximum atomic E-state index is 11.5. The molecule has 1 aromatic rings. The predicted octanol–water partition coefficient (Wildman–Crippen LogP) is 1.96. The number of hydrogen-bond acceptors (Lipinski definition) is 4. The number of hydrogen-bond donors (Lipinski definition) is 0. The van der Waals surface area contributed by atoms with E-state index in [1.165, 1.54) is 6.92 Å². The Bertz CT molecular complexity index is 455. The minimum atomic E-state index is -3.43. The van der Waals surface area contributed by atoms with E-state index < -0.39 is 20.2 Å². The van der Waals surface area contributed by atoms with Crippen molar-refractivity contribution in [3.63, 3.8) is 0 Å². The summed E-state index contributed by atoms with van der Waals surface area (Å²) in [6.07, 6.45) is 0. The number of ether oxygens (including phenoxy) is 1. The summed E-state index contributed by atoms with van der Waals surface area (Å²) in [5.74, 6) is -0.759. The minimum absolute atomic E-state index is 0.0923. The van der Waals surface area contributed by atoms with Crippen LogP contribution in [0.2, 0.25) is 0 Å². The Kier molecular flexibility index (Phi) is 4.49. The maximum absolute atomic E-state index is 11.5. The van der Waals surface area contributed by atoms with Crippen LogP contribution in [0.1, 0.15) is 17.3 Å². The number of esters is 1. The van der Waals surface area contributed by atoms with Gasteiger partial charge in [0.15, 0.2) is 9.84 Å². The summed E-state index contributed by atoms with van der Waals surface area (Å²) in [5.41, 5.74) is 0.318. The van der Waals surface area contributed by atoms with Crippen LogP contribution in [0.25, 0.3) is 0 Å². The minimum Gasteiger partial charge on any atom is -0.431 e. The molecule has 4 nitrogen and oxygen atoms in total. The van der Waals surface area contributed by atoms with Gasteiger partial charge in [-0.25, -0.2) is 13.2 Å². The van der Waals surface area contributed by atoms with Crippen molar-refractivity contribution in [3.05, 3.63) is 35.9 Å². The van der Waals surface area contributed by atoms with Crippen molar-refractivity contribution >= 4 is 31.7 Å². The van der Waals surface area contributed by atoms with Gasteiger partial charge in [0.25, 0.3) is 4.35 Å². The highest BCUT2D eigenvalue weighted by Crippen LogP contribution is 2.14. The smallest absolute Gasteiger partial charge is 0.340 e. The van der Waals surface area contributed by atoms with E-state index in [1.807, 2.05) is 0 Å². The van der Waals surface area contributed by atoms with Crippen molar-refractivity contribution in [1.82, 2.24) is 0 Å². The van der Waals surface area contributed by atoms with Crippen molar-refractivity contribution in [2.45, 2.75) is 11.3 Å². The predicted molar refractivity (Wildman–Crippen MR) is 64.0 cm³/mol. The molecule has 0 spiro atoms. The molecule has 1 aromatic carbocycles. The molecule has 88 valence electrons. The first-order chi connectivity index (χ1) is 7.47. The van der Waals surface area contributed by atoms with E-state index in [9.17, 15) is 13.2 Å². The second-order valence-electron chi connectivity index (χ2n) is 3.00. The zero-order valence-electron chi connectivity index (χ0n) is 8.59. The third kappa shape index (κ3) is 3.31. The van der Waals surface area contributed by atoms with Crippen LogP contribution in [0.3, 0.4) is 0 Å². The molecule has 0 N–H and O–H groups in total. The summed E-state index contributed by atoms with van der Waals surface area (Å²) in [6.45, 7) is 1.49. The molecular weight excluding hydrogens is 296 g/mol. The number of halogens is 1. The van der Waals surface area contributed by atoms with Crippen molar-refractivity contribution in [1.29, 1.82) is 0 Å².